The van der Waals surface area contributed by atoms with E-state index in [4.69, 9.17) is 9.84 Å². The van der Waals surface area contributed by atoms with Crippen LogP contribution in [-0.2, 0) is 11.2 Å². The molecule has 102 valence electrons. The monoisotopic (exact) mass is 279 g/mol. The van der Waals surface area contributed by atoms with Crippen molar-refractivity contribution in [3.05, 3.63) is 23.2 Å². The van der Waals surface area contributed by atoms with E-state index in [2.05, 4.69) is 4.98 Å². The maximum absolute atomic E-state index is 10.8. The molecule has 0 saturated carbocycles. The van der Waals surface area contributed by atoms with E-state index in [1.165, 1.54) is 0 Å². The molecule has 1 aromatic heterocycles. The maximum Gasteiger partial charge on any atom is 0.303 e. The summed E-state index contributed by atoms with van der Waals surface area (Å²) in [4.78, 5) is 15.4. The Morgan fingerprint density at radius 2 is 2.21 bits per heavy atom. The quantitative estimate of drug-likeness (QED) is 0.911. The molecule has 0 bridgehead atoms. The first-order chi connectivity index (χ1) is 8.89. The number of carboxylic acid groups (broad SMARTS) is 1. The van der Waals surface area contributed by atoms with Crippen molar-refractivity contribution in [3.63, 3.8) is 0 Å². The van der Waals surface area contributed by atoms with Gasteiger partial charge in [0.25, 0.3) is 0 Å². The number of fused-ring (bicyclic) bond motifs is 1. The van der Waals surface area contributed by atoms with Gasteiger partial charge in [0.05, 0.1) is 28.8 Å². The van der Waals surface area contributed by atoms with Gasteiger partial charge < -0.3 is 9.84 Å². The molecule has 1 N–H and O–H groups in total. The summed E-state index contributed by atoms with van der Waals surface area (Å²) in [5, 5.41) is 9.87. The van der Waals surface area contributed by atoms with Gasteiger partial charge in [-0.05, 0) is 23.6 Å². The summed E-state index contributed by atoms with van der Waals surface area (Å²) < 4.78 is 6.26. The minimum Gasteiger partial charge on any atom is -0.497 e. The van der Waals surface area contributed by atoms with Crippen molar-refractivity contribution < 1.29 is 14.6 Å². The van der Waals surface area contributed by atoms with Crippen LogP contribution in [0, 0.1) is 5.41 Å². The van der Waals surface area contributed by atoms with Crippen LogP contribution in [0.5, 0.6) is 5.75 Å². The zero-order chi connectivity index (χ0) is 14.0. The van der Waals surface area contributed by atoms with Gasteiger partial charge in [0.2, 0.25) is 0 Å². The molecule has 5 heteroatoms. The molecule has 0 radical (unpaired) electrons. The molecule has 0 amide bonds. The summed E-state index contributed by atoms with van der Waals surface area (Å²) in [5.41, 5.74) is 0.649. The number of hydrogen-bond acceptors (Lipinski definition) is 4. The Morgan fingerprint density at radius 3 is 2.84 bits per heavy atom. The largest absolute Gasteiger partial charge is 0.497 e. The number of aromatic nitrogens is 1. The molecule has 19 heavy (non-hydrogen) atoms. The fourth-order valence-corrected chi connectivity index (χ4v) is 3.29. The highest BCUT2D eigenvalue weighted by molar-refractivity contribution is 7.18. The highest BCUT2D eigenvalue weighted by atomic mass is 32.1. The minimum atomic E-state index is -0.771. The molecule has 1 aromatic carbocycles. The molecule has 2 rings (SSSR count). The Labute approximate surface area is 116 Å². The van der Waals surface area contributed by atoms with Crippen LogP contribution < -0.4 is 4.74 Å². The van der Waals surface area contributed by atoms with Gasteiger partial charge in [-0.15, -0.1) is 11.3 Å². The summed E-state index contributed by atoms with van der Waals surface area (Å²) in [5.74, 6) is 0.0419. The first-order valence-electron chi connectivity index (χ1n) is 6.05. The fraction of sp³-hybridized carbons (Fsp3) is 0.429. The van der Waals surface area contributed by atoms with Crippen molar-refractivity contribution in [3.8, 4) is 5.75 Å². The van der Waals surface area contributed by atoms with Gasteiger partial charge in [-0.25, -0.2) is 4.98 Å². The third-order valence-corrected chi connectivity index (χ3v) is 3.92. The van der Waals surface area contributed by atoms with Crippen molar-refractivity contribution in [1.82, 2.24) is 4.98 Å². The first-order valence-corrected chi connectivity index (χ1v) is 6.86. The summed E-state index contributed by atoms with van der Waals surface area (Å²) >= 11 is 1.60. The van der Waals surface area contributed by atoms with Crippen LogP contribution in [0.2, 0.25) is 0 Å². The van der Waals surface area contributed by atoms with Crippen molar-refractivity contribution in [2.24, 2.45) is 5.41 Å². The third kappa shape index (κ3) is 3.44. The second-order valence-corrected chi connectivity index (χ2v) is 6.47. The number of nitrogens with zero attached hydrogens (tertiary/aromatic N) is 1. The number of rotatable bonds is 5. The van der Waals surface area contributed by atoms with E-state index in [-0.39, 0.29) is 11.8 Å². The number of aliphatic carboxylic acids is 1. The Kier molecular flexibility index (Phi) is 3.75. The van der Waals surface area contributed by atoms with E-state index in [1.807, 2.05) is 32.0 Å². The number of benzene rings is 1. The smallest absolute Gasteiger partial charge is 0.303 e. The number of ether oxygens (including phenoxy) is 1. The lowest BCUT2D eigenvalue weighted by Gasteiger charge is -2.20. The molecule has 0 unspecified atom stereocenters. The third-order valence-electron chi connectivity index (χ3n) is 2.90. The molecule has 0 fully saturated rings. The van der Waals surface area contributed by atoms with Crippen molar-refractivity contribution >= 4 is 27.5 Å². The standard InChI is InChI=1S/C14H17NO3S/c1-14(2,8-13(16)17)7-12-15-10-5-4-9(18-3)6-11(10)19-12/h4-6H,7-8H2,1-3H3,(H,16,17). The molecule has 0 spiro atoms. The van der Waals surface area contributed by atoms with Crippen LogP contribution in [0.15, 0.2) is 18.2 Å². The van der Waals surface area contributed by atoms with Crippen LogP contribution in [-0.4, -0.2) is 23.2 Å². The number of carboxylic acids is 1. The highest BCUT2D eigenvalue weighted by Crippen LogP contribution is 2.32. The molecular formula is C14H17NO3S. The molecule has 1 heterocycles. The Balaban J connectivity index is 2.24. The predicted molar refractivity (Wildman–Crippen MR) is 75.9 cm³/mol. The maximum atomic E-state index is 10.8. The minimum absolute atomic E-state index is 0.145. The average Bonchev–Trinajstić information content (AvgIpc) is 2.66. The zero-order valence-corrected chi connectivity index (χ0v) is 12.1. The zero-order valence-electron chi connectivity index (χ0n) is 11.3. The van der Waals surface area contributed by atoms with Crippen molar-refractivity contribution in [2.75, 3.05) is 7.11 Å². The van der Waals surface area contributed by atoms with Crippen LogP contribution in [0.4, 0.5) is 0 Å². The van der Waals surface area contributed by atoms with Gasteiger partial charge in [0.15, 0.2) is 0 Å². The van der Waals surface area contributed by atoms with Gasteiger partial charge in [0.1, 0.15) is 5.75 Å². The Morgan fingerprint density at radius 1 is 1.47 bits per heavy atom. The van der Waals surface area contributed by atoms with Gasteiger partial charge >= 0.3 is 5.97 Å². The second kappa shape index (κ2) is 5.17. The van der Waals surface area contributed by atoms with Crippen LogP contribution in [0.3, 0.4) is 0 Å². The molecule has 0 aliphatic carbocycles. The van der Waals surface area contributed by atoms with Crippen LogP contribution in [0.1, 0.15) is 25.3 Å². The van der Waals surface area contributed by atoms with Gasteiger partial charge in [-0.1, -0.05) is 13.8 Å². The highest BCUT2D eigenvalue weighted by Gasteiger charge is 2.24. The van der Waals surface area contributed by atoms with Gasteiger partial charge in [-0.2, -0.15) is 0 Å². The molecule has 2 aromatic rings. The van der Waals surface area contributed by atoms with E-state index >= 15 is 0 Å². The molecule has 0 atom stereocenters. The molecule has 0 aliphatic rings. The van der Waals surface area contributed by atoms with E-state index in [0.29, 0.717) is 6.42 Å². The van der Waals surface area contributed by atoms with E-state index in [1.54, 1.807) is 18.4 Å². The normalized spacial score (nSPS) is 11.7. The van der Waals surface area contributed by atoms with Crippen molar-refractivity contribution in [1.29, 1.82) is 0 Å². The van der Waals surface area contributed by atoms with E-state index < -0.39 is 5.97 Å². The van der Waals surface area contributed by atoms with Crippen LogP contribution >= 0.6 is 11.3 Å². The SMILES string of the molecule is COc1ccc2nc(CC(C)(C)CC(=O)O)sc2c1. The second-order valence-electron chi connectivity index (χ2n) is 5.35. The lowest BCUT2D eigenvalue weighted by Crippen LogP contribution is -2.19. The summed E-state index contributed by atoms with van der Waals surface area (Å²) in [6.45, 7) is 3.90. The summed E-state index contributed by atoms with van der Waals surface area (Å²) in [6, 6.07) is 5.77. The molecule has 4 nitrogen and oxygen atoms in total. The average molecular weight is 279 g/mol. The van der Waals surface area contributed by atoms with Gasteiger partial charge in [0, 0.05) is 6.42 Å². The number of methoxy groups -OCH3 is 1. The lowest BCUT2D eigenvalue weighted by molar-refractivity contribution is -0.139. The molecule has 0 aliphatic heterocycles. The van der Waals surface area contributed by atoms with Gasteiger partial charge in [-0.3, -0.25) is 4.79 Å². The molecular weight excluding hydrogens is 262 g/mol. The number of thiazole rings is 1. The van der Waals surface area contributed by atoms with E-state index in [9.17, 15) is 4.79 Å². The molecule has 0 saturated heterocycles. The lowest BCUT2D eigenvalue weighted by atomic mass is 9.86. The van der Waals surface area contributed by atoms with Crippen LogP contribution in [0.25, 0.3) is 10.2 Å². The van der Waals surface area contributed by atoms with E-state index in [0.717, 1.165) is 21.0 Å². The number of carbonyl (C=O) groups is 1. The Bertz CT molecular complexity index is 604. The first kappa shape index (κ1) is 13.8. The summed E-state index contributed by atoms with van der Waals surface area (Å²) in [7, 11) is 1.64. The summed E-state index contributed by atoms with van der Waals surface area (Å²) in [6.07, 6.45) is 0.813. The fourth-order valence-electron chi connectivity index (χ4n) is 2.04. The van der Waals surface area contributed by atoms with Crippen molar-refractivity contribution in [2.45, 2.75) is 26.7 Å². The topological polar surface area (TPSA) is 59.4 Å². The predicted octanol–water partition coefficient (Wildman–Crippen LogP) is 3.35. The number of hydrogen-bond donors (Lipinski definition) is 1. The Hall–Kier alpha value is -1.62.